The molecule has 1 saturated heterocycles. The van der Waals surface area contributed by atoms with E-state index < -0.39 is 0 Å². The van der Waals surface area contributed by atoms with Crippen LogP contribution in [0.1, 0.15) is 49.3 Å². The highest BCUT2D eigenvalue weighted by molar-refractivity contribution is 6.30. The molecule has 1 atom stereocenters. The predicted octanol–water partition coefficient (Wildman–Crippen LogP) is 5.79. The Morgan fingerprint density at radius 3 is 2.30 bits per heavy atom. The Balaban J connectivity index is 1.39. The molecule has 2 aromatic rings. The first-order valence-corrected chi connectivity index (χ1v) is 13.5. The number of carbonyl (C=O) groups is 2. The van der Waals surface area contributed by atoms with Crippen molar-refractivity contribution in [3.05, 3.63) is 86.5 Å². The zero-order valence-corrected chi connectivity index (χ0v) is 22.4. The molecule has 8 heteroatoms. The van der Waals surface area contributed by atoms with Gasteiger partial charge in [0.2, 0.25) is 0 Å². The lowest BCUT2D eigenvalue weighted by Gasteiger charge is -2.33. The van der Waals surface area contributed by atoms with Crippen LogP contribution in [-0.2, 0) is 14.3 Å². The number of methoxy groups -OCH3 is 1. The number of carbonyl (C=O) groups excluding carboxylic acids is 2. The number of hydrogen-bond donors (Lipinski definition) is 1. The lowest BCUT2D eigenvalue weighted by atomic mass is 9.86. The van der Waals surface area contributed by atoms with Gasteiger partial charge in [-0.2, -0.15) is 0 Å². The van der Waals surface area contributed by atoms with E-state index in [-0.39, 0.29) is 23.8 Å². The fraction of sp³-hybridized carbons (Fsp3) is 0.379. The molecule has 1 amide bonds. The number of ether oxygens (including phenoxy) is 1. The zero-order chi connectivity index (χ0) is 25.9. The molecule has 2 aliphatic heterocycles. The summed E-state index contributed by atoms with van der Waals surface area (Å²) in [5.41, 5.74) is 9.07. The van der Waals surface area contributed by atoms with Crippen LogP contribution in [0.15, 0.2) is 65.4 Å². The maximum atomic E-state index is 13.7. The summed E-state index contributed by atoms with van der Waals surface area (Å²) in [6.45, 7) is 1.68. The van der Waals surface area contributed by atoms with Crippen LogP contribution in [0, 0.1) is 5.92 Å². The SMILES string of the molecule is COC(=O)C1CCN(CC(=O)N2NC3=C(CCC/C3=C\c3ccc(Cl)cc3)[C@@H]2c2ccc(Cl)cc2)CC1. The molecule has 194 valence electrons. The lowest BCUT2D eigenvalue weighted by Crippen LogP contribution is -2.48. The number of halogens is 2. The largest absolute Gasteiger partial charge is 0.469 e. The summed E-state index contributed by atoms with van der Waals surface area (Å²) in [5, 5.41) is 3.17. The van der Waals surface area contributed by atoms with Crippen LogP contribution in [0.25, 0.3) is 6.08 Å². The van der Waals surface area contributed by atoms with Crippen LogP contribution in [0.5, 0.6) is 0 Å². The van der Waals surface area contributed by atoms with Crippen molar-refractivity contribution >= 4 is 41.2 Å². The quantitative estimate of drug-likeness (QED) is 0.487. The van der Waals surface area contributed by atoms with Crippen LogP contribution in [0.2, 0.25) is 10.0 Å². The molecule has 2 heterocycles. The molecule has 0 spiro atoms. The Morgan fingerprint density at radius 1 is 1.00 bits per heavy atom. The van der Waals surface area contributed by atoms with E-state index in [4.69, 9.17) is 27.9 Å². The molecule has 0 aromatic heterocycles. The minimum atomic E-state index is -0.193. The second-order valence-corrected chi connectivity index (χ2v) is 10.8. The summed E-state index contributed by atoms with van der Waals surface area (Å²) >= 11 is 12.3. The van der Waals surface area contributed by atoms with Crippen LogP contribution >= 0.6 is 23.2 Å². The average molecular weight is 540 g/mol. The van der Waals surface area contributed by atoms with Crippen LogP contribution in [0.3, 0.4) is 0 Å². The van der Waals surface area contributed by atoms with Crippen molar-refractivity contribution in [2.24, 2.45) is 5.92 Å². The number of likely N-dealkylation sites (tertiary alicyclic amines) is 1. The van der Waals surface area contributed by atoms with Gasteiger partial charge in [-0.1, -0.05) is 47.5 Å². The highest BCUT2D eigenvalue weighted by Crippen LogP contribution is 2.44. The Hall–Kier alpha value is -2.80. The molecule has 1 N–H and O–H groups in total. The van der Waals surface area contributed by atoms with Gasteiger partial charge in [0, 0.05) is 10.0 Å². The van der Waals surface area contributed by atoms with Gasteiger partial charge in [0.25, 0.3) is 5.91 Å². The van der Waals surface area contributed by atoms with Gasteiger partial charge in [-0.3, -0.25) is 19.9 Å². The number of nitrogens with one attached hydrogen (secondary N) is 1. The summed E-state index contributed by atoms with van der Waals surface area (Å²) in [4.78, 5) is 27.8. The van der Waals surface area contributed by atoms with E-state index in [1.54, 1.807) is 5.01 Å². The number of allylic oxidation sites excluding steroid dienone is 1. The molecule has 5 rings (SSSR count). The van der Waals surface area contributed by atoms with Crippen molar-refractivity contribution in [1.29, 1.82) is 0 Å². The smallest absolute Gasteiger partial charge is 0.308 e. The molecular weight excluding hydrogens is 509 g/mol. The number of nitrogens with zero attached hydrogens (tertiary/aromatic N) is 2. The van der Waals surface area contributed by atoms with Gasteiger partial charge in [0.15, 0.2) is 0 Å². The molecule has 3 aliphatic rings. The van der Waals surface area contributed by atoms with Crippen LogP contribution in [0.4, 0.5) is 0 Å². The summed E-state index contributed by atoms with van der Waals surface area (Å²) in [6, 6.07) is 15.4. The van der Waals surface area contributed by atoms with E-state index in [2.05, 4.69) is 16.4 Å². The Bertz CT molecular complexity index is 1220. The number of esters is 1. The van der Waals surface area contributed by atoms with Crippen LogP contribution < -0.4 is 5.43 Å². The monoisotopic (exact) mass is 539 g/mol. The van der Waals surface area contributed by atoms with Gasteiger partial charge in [-0.05, 0) is 97.8 Å². The van der Waals surface area contributed by atoms with Crippen molar-refractivity contribution in [2.45, 2.75) is 38.1 Å². The normalized spacial score (nSPS) is 21.6. The minimum absolute atomic E-state index is 0.0108. The number of amides is 1. The molecule has 0 radical (unpaired) electrons. The van der Waals surface area contributed by atoms with Crippen molar-refractivity contribution in [3.63, 3.8) is 0 Å². The number of piperidine rings is 1. The van der Waals surface area contributed by atoms with Gasteiger partial charge in [0.05, 0.1) is 25.3 Å². The van der Waals surface area contributed by atoms with E-state index >= 15 is 0 Å². The maximum Gasteiger partial charge on any atom is 0.308 e. The molecule has 1 aliphatic carbocycles. The third-order valence-electron chi connectivity index (χ3n) is 7.50. The fourth-order valence-corrected chi connectivity index (χ4v) is 5.80. The number of hydrogen-bond acceptors (Lipinski definition) is 5. The third-order valence-corrected chi connectivity index (χ3v) is 8.01. The van der Waals surface area contributed by atoms with Crippen molar-refractivity contribution in [2.75, 3.05) is 26.7 Å². The topological polar surface area (TPSA) is 61.9 Å². The number of rotatable bonds is 5. The van der Waals surface area contributed by atoms with E-state index in [0.717, 1.165) is 36.1 Å². The lowest BCUT2D eigenvalue weighted by molar-refractivity contribution is -0.147. The molecule has 6 nitrogen and oxygen atoms in total. The molecule has 0 saturated carbocycles. The van der Waals surface area contributed by atoms with Crippen molar-refractivity contribution < 1.29 is 14.3 Å². The standard InChI is InChI=1S/C29H31Cl2N3O3/c1-37-29(36)21-13-15-33(16-14-21)18-26(35)34-28(20-7-11-24(31)12-8-20)25-4-2-3-22(27(25)32-34)17-19-5-9-23(30)10-6-19/h5-12,17,21,28,32H,2-4,13-16,18H2,1H3/b22-17+/t28-/m0/s1. The summed E-state index contributed by atoms with van der Waals surface area (Å²) in [6.07, 6.45) is 6.47. The molecule has 1 fully saturated rings. The first kappa shape index (κ1) is 25.8. The highest BCUT2D eigenvalue weighted by atomic mass is 35.5. The number of hydrazine groups is 1. The van der Waals surface area contributed by atoms with E-state index in [9.17, 15) is 9.59 Å². The Labute approximate surface area is 227 Å². The summed E-state index contributed by atoms with van der Waals surface area (Å²) < 4.78 is 4.90. The third kappa shape index (κ3) is 5.71. The van der Waals surface area contributed by atoms with Gasteiger partial charge >= 0.3 is 5.97 Å². The highest BCUT2D eigenvalue weighted by Gasteiger charge is 2.40. The van der Waals surface area contributed by atoms with Gasteiger partial charge in [-0.25, -0.2) is 5.01 Å². The van der Waals surface area contributed by atoms with E-state index in [1.807, 2.05) is 48.5 Å². The second kappa shape index (κ2) is 11.3. The van der Waals surface area contributed by atoms with Gasteiger partial charge < -0.3 is 4.74 Å². The van der Waals surface area contributed by atoms with Crippen LogP contribution in [-0.4, -0.2) is 48.5 Å². The predicted molar refractivity (Wildman–Crippen MR) is 146 cm³/mol. The average Bonchev–Trinajstić information content (AvgIpc) is 3.31. The molecule has 0 unspecified atom stereocenters. The number of benzene rings is 2. The fourth-order valence-electron chi connectivity index (χ4n) is 5.55. The van der Waals surface area contributed by atoms with Crippen molar-refractivity contribution in [1.82, 2.24) is 15.3 Å². The Kier molecular flexibility index (Phi) is 7.89. The molecule has 2 aromatic carbocycles. The molecular formula is C29H31Cl2N3O3. The summed E-state index contributed by atoms with van der Waals surface area (Å²) in [5.74, 6) is -0.235. The van der Waals surface area contributed by atoms with Gasteiger partial charge in [-0.15, -0.1) is 0 Å². The first-order chi connectivity index (χ1) is 17.9. The van der Waals surface area contributed by atoms with Gasteiger partial charge in [0.1, 0.15) is 6.04 Å². The maximum absolute atomic E-state index is 13.7. The van der Waals surface area contributed by atoms with Crippen molar-refractivity contribution in [3.8, 4) is 0 Å². The Morgan fingerprint density at radius 2 is 1.65 bits per heavy atom. The minimum Gasteiger partial charge on any atom is -0.469 e. The zero-order valence-electron chi connectivity index (χ0n) is 20.9. The summed E-state index contributed by atoms with van der Waals surface area (Å²) in [7, 11) is 1.43. The first-order valence-electron chi connectivity index (χ1n) is 12.8. The second-order valence-electron chi connectivity index (χ2n) is 9.88. The molecule has 37 heavy (non-hydrogen) atoms. The molecule has 0 bridgehead atoms. The van der Waals surface area contributed by atoms with E-state index in [0.29, 0.717) is 42.5 Å². The van der Waals surface area contributed by atoms with E-state index in [1.165, 1.54) is 18.3 Å².